The molecule has 30 heavy (non-hydrogen) atoms. The van der Waals surface area contributed by atoms with E-state index in [2.05, 4.69) is 10.2 Å². The van der Waals surface area contributed by atoms with Crippen molar-refractivity contribution in [2.24, 2.45) is 23.7 Å². The van der Waals surface area contributed by atoms with Crippen LogP contribution in [0.5, 0.6) is 0 Å². The summed E-state index contributed by atoms with van der Waals surface area (Å²) in [7, 11) is 0. The van der Waals surface area contributed by atoms with Crippen molar-refractivity contribution >= 4 is 5.91 Å². The van der Waals surface area contributed by atoms with Gasteiger partial charge < -0.3 is 20.4 Å². The number of nitrogens with zero attached hydrogens (tertiary/aromatic N) is 1. The van der Waals surface area contributed by atoms with Crippen LogP contribution in [0.15, 0.2) is 18.2 Å². The van der Waals surface area contributed by atoms with Crippen molar-refractivity contribution in [3.8, 4) is 0 Å². The third-order valence-electron chi connectivity index (χ3n) is 8.59. The van der Waals surface area contributed by atoms with Gasteiger partial charge in [0.15, 0.2) is 0 Å². The molecule has 0 aromatic heterocycles. The van der Waals surface area contributed by atoms with Crippen LogP contribution in [0.2, 0.25) is 0 Å². The van der Waals surface area contributed by atoms with E-state index in [0.29, 0.717) is 18.0 Å². The molecule has 0 radical (unpaired) electrons. The zero-order valence-electron chi connectivity index (χ0n) is 17.8. The molecule has 9 atom stereocenters. The minimum Gasteiger partial charge on any atom is -0.390 e. The van der Waals surface area contributed by atoms with Gasteiger partial charge in [0, 0.05) is 30.5 Å². The van der Waals surface area contributed by atoms with Crippen molar-refractivity contribution in [1.82, 2.24) is 10.2 Å². The maximum Gasteiger partial charge on any atom is 0.226 e. The number of rotatable bonds is 2. The van der Waals surface area contributed by atoms with Crippen molar-refractivity contribution in [3.63, 3.8) is 0 Å². The molecule has 6 heteroatoms. The van der Waals surface area contributed by atoms with E-state index in [9.17, 15) is 19.4 Å². The molecule has 2 bridgehead atoms. The summed E-state index contributed by atoms with van der Waals surface area (Å²) in [6.45, 7) is 5.12. The van der Waals surface area contributed by atoms with Crippen molar-refractivity contribution in [3.05, 3.63) is 35.1 Å². The second kappa shape index (κ2) is 7.57. The third-order valence-corrected chi connectivity index (χ3v) is 8.59. The Morgan fingerprint density at radius 3 is 2.43 bits per heavy atom. The van der Waals surface area contributed by atoms with E-state index in [4.69, 9.17) is 0 Å². The van der Waals surface area contributed by atoms with Crippen LogP contribution in [-0.4, -0.2) is 58.4 Å². The van der Waals surface area contributed by atoms with Crippen molar-refractivity contribution in [2.45, 2.75) is 69.7 Å². The van der Waals surface area contributed by atoms with Crippen LogP contribution in [0, 0.1) is 36.4 Å². The van der Waals surface area contributed by atoms with Gasteiger partial charge >= 0.3 is 0 Å². The number of benzene rings is 1. The molecule has 3 aliphatic heterocycles. The molecule has 1 saturated carbocycles. The highest BCUT2D eigenvalue weighted by Crippen LogP contribution is 2.47. The molecule has 3 saturated heterocycles. The predicted molar refractivity (Wildman–Crippen MR) is 111 cm³/mol. The van der Waals surface area contributed by atoms with Gasteiger partial charge in [-0.05, 0) is 74.1 Å². The first-order valence-electron chi connectivity index (χ1n) is 11.5. The van der Waals surface area contributed by atoms with E-state index in [-0.39, 0.29) is 47.5 Å². The highest BCUT2D eigenvalue weighted by molar-refractivity contribution is 5.81. The maximum absolute atomic E-state index is 13.8. The normalized spacial score (nSPS) is 43.0. The number of amides is 1. The summed E-state index contributed by atoms with van der Waals surface area (Å²) in [6.07, 6.45) is 2.28. The van der Waals surface area contributed by atoms with E-state index in [1.165, 1.54) is 5.56 Å². The van der Waals surface area contributed by atoms with E-state index >= 15 is 0 Å². The van der Waals surface area contributed by atoms with Gasteiger partial charge in [-0.1, -0.05) is 19.1 Å². The minimum absolute atomic E-state index is 0.0532. The van der Waals surface area contributed by atoms with Gasteiger partial charge in [0.05, 0.1) is 12.2 Å². The number of hydrogen-bond acceptors (Lipinski definition) is 4. The first kappa shape index (κ1) is 20.4. The largest absolute Gasteiger partial charge is 0.390 e. The Balaban J connectivity index is 1.37. The molecule has 4 fully saturated rings. The SMILES string of the molecule is Cc1cc(C2C[C@H]3CC[C@@H](C2)N3C(=O)[C@H]2[C@@H](C)[C@H](O)[C@@H](O)[C@H]3CNC[C@@H]32)ccc1F. The summed E-state index contributed by atoms with van der Waals surface area (Å²) in [5, 5.41) is 24.5. The Labute approximate surface area is 177 Å². The summed E-state index contributed by atoms with van der Waals surface area (Å²) in [4.78, 5) is 15.9. The number of nitrogens with one attached hydrogen (secondary N) is 1. The van der Waals surface area contributed by atoms with Gasteiger partial charge in [-0.15, -0.1) is 0 Å². The minimum atomic E-state index is -0.850. The summed E-state index contributed by atoms with van der Waals surface area (Å²) < 4.78 is 13.7. The lowest BCUT2D eigenvalue weighted by molar-refractivity contribution is -0.159. The molecule has 3 heterocycles. The predicted octanol–water partition coefficient (Wildman–Crippen LogP) is 2.19. The van der Waals surface area contributed by atoms with Gasteiger partial charge in [0.2, 0.25) is 5.91 Å². The van der Waals surface area contributed by atoms with Gasteiger partial charge in [0.25, 0.3) is 0 Å². The van der Waals surface area contributed by atoms with Crippen LogP contribution in [-0.2, 0) is 4.79 Å². The number of hydrogen-bond donors (Lipinski definition) is 3. The Bertz CT molecular complexity index is 819. The molecule has 1 aromatic carbocycles. The number of carbonyl (C=O) groups is 1. The Kier molecular flexibility index (Phi) is 5.15. The number of aliphatic hydroxyl groups excluding tert-OH is 2. The van der Waals surface area contributed by atoms with E-state index in [1.54, 1.807) is 6.07 Å². The molecule has 3 N–H and O–H groups in total. The third kappa shape index (κ3) is 3.10. The lowest BCUT2D eigenvalue weighted by Crippen LogP contribution is -2.58. The standard InChI is InChI=1S/C24H33FN2O3/c1-12-7-14(3-6-20(12)25)15-8-16-4-5-17(9-15)27(16)24(30)21-13(2)22(28)23(29)19-11-26-10-18(19)21/h3,6-7,13,15-19,21-23,26,28-29H,4-5,8-11H2,1-2H3/t13-,15?,16-,17+,18+,19+,21+,22+,23+/m1/s1. The number of halogens is 1. The van der Waals surface area contributed by atoms with Crippen molar-refractivity contribution in [2.75, 3.05) is 13.1 Å². The average molecular weight is 417 g/mol. The fraction of sp³-hybridized carbons (Fsp3) is 0.708. The van der Waals surface area contributed by atoms with E-state index in [1.807, 2.05) is 26.0 Å². The number of aliphatic hydroxyl groups is 2. The first-order chi connectivity index (χ1) is 14.4. The topological polar surface area (TPSA) is 72.8 Å². The van der Waals surface area contributed by atoms with E-state index in [0.717, 1.165) is 32.2 Å². The number of aryl methyl sites for hydroxylation is 1. The fourth-order valence-electron chi connectivity index (χ4n) is 6.96. The monoisotopic (exact) mass is 416 g/mol. The maximum atomic E-state index is 13.8. The lowest BCUT2D eigenvalue weighted by Gasteiger charge is -2.47. The van der Waals surface area contributed by atoms with Crippen molar-refractivity contribution in [1.29, 1.82) is 0 Å². The highest BCUT2D eigenvalue weighted by Gasteiger charge is 2.55. The highest BCUT2D eigenvalue weighted by atomic mass is 19.1. The molecule has 1 unspecified atom stereocenters. The van der Waals surface area contributed by atoms with Crippen LogP contribution >= 0.6 is 0 Å². The van der Waals surface area contributed by atoms with Gasteiger partial charge in [-0.3, -0.25) is 4.79 Å². The molecule has 164 valence electrons. The van der Waals surface area contributed by atoms with Gasteiger partial charge in [0.1, 0.15) is 5.82 Å². The number of carbonyl (C=O) groups excluding carboxylic acids is 1. The molecule has 5 rings (SSSR count). The van der Waals surface area contributed by atoms with Crippen LogP contribution in [0.3, 0.4) is 0 Å². The summed E-state index contributed by atoms with van der Waals surface area (Å²) in [5.74, 6) is -0.0793. The molecule has 1 aliphatic carbocycles. The molecule has 4 aliphatic rings. The quantitative estimate of drug-likeness (QED) is 0.691. The average Bonchev–Trinajstić information content (AvgIpc) is 3.30. The van der Waals surface area contributed by atoms with Crippen LogP contribution in [0.25, 0.3) is 0 Å². The molecular formula is C24H33FN2O3. The Hall–Kier alpha value is -1.50. The van der Waals surface area contributed by atoms with Crippen LogP contribution in [0.4, 0.5) is 4.39 Å². The summed E-state index contributed by atoms with van der Waals surface area (Å²) in [6, 6.07) is 5.87. The molecule has 5 nitrogen and oxygen atoms in total. The van der Waals surface area contributed by atoms with Gasteiger partial charge in [-0.2, -0.15) is 0 Å². The zero-order valence-corrected chi connectivity index (χ0v) is 17.8. The fourth-order valence-corrected chi connectivity index (χ4v) is 6.96. The molecular weight excluding hydrogens is 383 g/mol. The molecule has 1 amide bonds. The van der Waals surface area contributed by atoms with E-state index < -0.39 is 12.2 Å². The second-order valence-electron chi connectivity index (χ2n) is 10.2. The molecule has 1 aromatic rings. The lowest BCUT2D eigenvalue weighted by atomic mass is 9.65. The Morgan fingerprint density at radius 1 is 1.10 bits per heavy atom. The van der Waals surface area contributed by atoms with Crippen LogP contribution < -0.4 is 5.32 Å². The van der Waals surface area contributed by atoms with Crippen LogP contribution in [0.1, 0.15) is 49.7 Å². The van der Waals surface area contributed by atoms with Gasteiger partial charge in [-0.25, -0.2) is 4.39 Å². The second-order valence-corrected chi connectivity index (χ2v) is 10.2. The zero-order chi connectivity index (χ0) is 21.2. The first-order valence-corrected chi connectivity index (χ1v) is 11.5. The molecule has 0 spiro atoms. The van der Waals surface area contributed by atoms with Crippen molar-refractivity contribution < 1.29 is 19.4 Å². The number of fused-ring (bicyclic) bond motifs is 3. The summed E-state index contributed by atoms with van der Waals surface area (Å²) >= 11 is 0. The Morgan fingerprint density at radius 2 is 1.77 bits per heavy atom. The smallest absolute Gasteiger partial charge is 0.226 e. The number of piperidine rings is 1. The summed E-state index contributed by atoms with van der Waals surface area (Å²) in [5.41, 5.74) is 1.87.